The molecule has 0 aromatic heterocycles. The fourth-order valence-electron chi connectivity index (χ4n) is 6.53. The molecule has 9 heteroatoms. The van der Waals surface area contributed by atoms with Gasteiger partial charge in [0.25, 0.3) is 0 Å². The number of piperazine rings is 1. The predicted octanol–water partition coefficient (Wildman–Crippen LogP) is 7.34. The zero-order valence-corrected chi connectivity index (χ0v) is 26.9. The van der Waals surface area contributed by atoms with Crippen molar-refractivity contribution >= 4 is 40.7 Å². The van der Waals surface area contributed by atoms with Crippen molar-refractivity contribution in [1.29, 1.82) is 0 Å². The van der Waals surface area contributed by atoms with E-state index in [0.29, 0.717) is 12.1 Å². The molecule has 3 aliphatic heterocycles. The van der Waals surface area contributed by atoms with E-state index in [2.05, 4.69) is 63.4 Å². The fraction of sp³-hybridized carbons (Fsp3) is 0.306. The molecule has 7 nitrogen and oxygen atoms in total. The second-order valence-corrected chi connectivity index (χ2v) is 13.7. The average molecular weight is 640 g/mol. The number of benzene rings is 4. The average Bonchev–Trinajstić information content (AvgIpc) is 3.06. The van der Waals surface area contributed by atoms with Crippen LogP contribution in [0.1, 0.15) is 40.4 Å². The summed E-state index contributed by atoms with van der Waals surface area (Å²) in [5, 5.41) is 22.0. The van der Waals surface area contributed by atoms with Gasteiger partial charge in [-0.3, -0.25) is 9.69 Å². The van der Waals surface area contributed by atoms with E-state index in [9.17, 15) is 15.0 Å². The molecule has 2 N–H and O–H groups in total. The van der Waals surface area contributed by atoms with Gasteiger partial charge in [0.15, 0.2) is 5.78 Å². The lowest BCUT2D eigenvalue weighted by molar-refractivity contribution is 0.0843. The Morgan fingerprint density at radius 2 is 1.60 bits per heavy atom. The van der Waals surface area contributed by atoms with Crippen molar-refractivity contribution in [3.05, 3.63) is 95.6 Å². The number of nitrogens with zero attached hydrogens (tertiary/aromatic N) is 3. The van der Waals surface area contributed by atoms with Crippen LogP contribution in [0, 0.1) is 0 Å². The largest absolute Gasteiger partial charge is 0.507 e. The zero-order valence-electron chi connectivity index (χ0n) is 25.3. The molecule has 1 unspecified atom stereocenters. The number of hydrogen-bond donors (Lipinski definition) is 2. The zero-order chi connectivity index (χ0) is 30.9. The van der Waals surface area contributed by atoms with Crippen LogP contribution in [0.15, 0.2) is 93.5 Å². The SMILES string of the molecule is CSc1ccc2c(c1)N(CCCN1CCN(Cc3c(O)cc4c(c3O)C(=O)CC(c3ccccc3)O4)CC1)c1ccccc1S2. The number of rotatable bonds is 8. The number of para-hydroxylation sites is 1. The van der Waals surface area contributed by atoms with E-state index in [1.54, 1.807) is 11.8 Å². The highest BCUT2D eigenvalue weighted by molar-refractivity contribution is 8.00. The highest BCUT2D eigenvalue weighted by atomic mass is 32.2. The van der Waals surface area contributed by atoms with Crippen molar-refractivity contribution < 1.29 is 19.7 Å². The second kappa shape index (κ2) is 13.0. The summed E-state index contributed by atoms with van der Waals surface area (Å²) in [6, 6.07) is 26.5. The van der Waals surface area contributed by atoms with Gasteiger partial charge < -0.3 is 24.7 Å². The first-order valence-corrected chi connectivity index (χ1v) is 17.5. The normalized spacial score (nSPS) is 18.2. The van der Waals surface area contributed by atoms with Gasteiger partial charge in [-0.25, -0.2) is 0 Å². The van der Waals surface area contributed by atoms with Crippen LogP contribution in [0.5, 0.6) is 17.2 Å². The van der Waals surface area contributed by atoms with Crippen LogP contribution in [0.2, 0.25) is 0 Å². The summed E-state index contributed by atoms with van der Waals surface area (Å²) < 4.78 is 6.07. The third-order valence-corrected chi connectivity index (χ3v) is 10.8. The summed E-state index contributed by atoms with van der Waals surface area (Å²) >= 11 is 3.63. The molecule has 232 valence electrons. The Hall–Kier alpha value is -3.63. The van der Waals surface area contributed by atoms with Crippen molar-refractivity contribution in [3.8, 4) is 17.2 Å². The minimum absolute atomic E-state index is 0.0416. The van der Waals surface area contributed by atoms with E-state index in [-0.39, 0.29) is 35.0 Å². The third-order valence-electron chi connectivity index (χ3n) is 8.97. The van der Waals surface area contributed by atoms with Crippen molar-refractivity contribution in [1.82, 2.24) is 9.80 Å². The summed E-state index contributed by atoms with van der Waals surface area (Å²) in [4.78, 5) is 24.2. The number of carbonyl (C=O) groups excluding carboxylic acids is 1. The van der Waals surface area contributed by atoms with Crippen molar-refractivity contribution in [3.63, 3.8) is 0 Å². The second-order valence-electron chi connectivity index (χ2n) is 11.8. The van der Waals surface area contributed by atoms with Crippen LogP contribution >= 0.6 is 23.5 Å². The van der Waals surface area contributed by atoms with Gasteiger partial charge in [-0.05, 0) is 55.1 Å². The molecule has 0 aliphatic carbocycles. The van der Waals surface area contributed by atoms with Crippen LogP contribution in [0.4, 0.5) is 11.4 Å². The summed E-state index contributed by atoms with van der Waals surface area (Å²) in [5.41, 5.74) is 4.04. The molecule has 7 rings (SSSR count). The van der Waals surface area contributed by atoms with Gasteiger partial charge in [-0.15, -0.1) is 11.8 Å². The molecule has 3 heterocycles. The van der Waals surface area contributed by atoms with E-state index in [0.717, 1.165) is 51.3 Å². The highest BCUT2D eigenvalue weighted by Gasteiger charge is 2.33. The minimum Gasteiger partial charge on any atom is -0.507 e. The molecule has 4 aromatic rings. The summed E-state index contributed by atoms with van der Waals surface area (Å²) in [6.07, 6.45) is 2.88. The number of ether oxygens (including phenoxy) is 1. The van der Waals surface area contributed by atoms with Crippen molar-refractivity contribution in [2.45, 2.75) is 40.2 Å². The van der Waals surface area contributed by atoms with Gasteiger partial charge in [-0.2, -0.15) is 0 Å². The first-order chi connectivity index (χ1) is 22.0. The number of Topliss-reactive ketones (excluding diaryl/α,β-unsaturated/α-hetero) is 1. The molecular formula is C36H37N3O4S2. The standard InChI is InChI=1S/C36H37N3O4S2/c1-44-25-12-13-34-28(20-25)39(27-10-5-6-11-33(27)45-34)15-7-14-37-16-18-38(19-17-37)23-26-29(40)21-32-35(36(26)42)30(41)22-31(43-32)24-8-3-2-4-9-24/h2-6,8-13,20-21,31,40,42H,7,14-19,22-23H2,1H3. The molecule has 4 aromatic carbocycles. The molecule has 0 amide bonds. The molecule has 1 saturated heterocycles. The van der Waals surface area contributed by atoms with Gasteiger partial charge in [0.1, 0.15) is 28.9 Å². The Labute approximate surface area is 272 Å². The Bertz CT molecular complexity index is 1710. The topological polar surface area (TPSA) is 76.5 Å². The lowest BCUT2D eigenvalue weighted by atomic mass is 9.93. The summed E-state index contributed by atoms with van der Waals surface area (Å²) in [5.74, 6) is -0.129. The number of hydrogen-bond acceptors (Lipinski definition) is 9. The maximum absolute atomic E-state index is 13.1. The summed E-state index contributed by atoms with van der Waals surface area (Å²) in [6.45, 7) is 5.78. The molecule has 0 saturated carbocycles. The van der Waals surface area contributed by atoms with E-state index < -0.39 is 6.10 Å². The number of carbonyl (C=O) groups is 1. The molecule has 0 spiro atoms. The van der Waals surface area contributed by atoms with Crippen LogP contribution in [0.25, 0.3) is 0 Å². The maximum Gasteiger partial charge on any atom is 0.174 e. The van der Waals surface area contributed by atoms with Gasteiger partial charge in [-0.1, -0.05) is 54.2 Å². The number of phenolic OH excluding ortho intramolecular Hbond substituents is 2. The number of fused-ring (bicyclic) bond motifs is 3. The maximum atomic E-state index is 13.1. The predicted molar refractivity (Wildman–Crippen MR) is 181 cm³/mol. The lowest BCUT2D eigenvalue weighted by Crippen LogP contribution is -2.46. The molecule has 1 atom stereocenters. The van der Waals surface area contributed by atoms with Crippen LogP contribution in [0.3, 0.4) is 0 Å². The monoisotopic (exact) mass is 639 g/mol. The minimum atomic E-state index is -0.435. The quantitative estimate of drug-likeness (QED) is 0.193. The number of phenols is 2. The van der Waals surface area contributed by atoms with E-state index in [4.69, 9.17) is 4.74 Å². The summed E-state index contributed by atoms with van der Waals surface area (Å²) in [7, 11) is 0. The lowest BCUT2D eigenvalue weighted by Gasteiger charge is -2.36. The smallest absolute Gasteiger partial charge is 0.174 e. The Kier molecular flexibility index (Phi) is 8.68. The Morgan fingerprint density at radius 1 is 0.867 bits per heavy atom. The molecule has 3 aliphatic rings. The van der Waals surface area contributed by atoms with E-state index >= 15 is 0 Å². The van der Waals surface area contributed by atoms with Crippen LogP contribution < -0.4 is 9.64 Å². The number of anilines is 2. The highest BCUT2D eigenvalue weighted by Crippen LogP contribution is 2.49. The van der Waals surface area contributed by atoms with Crippen molar-refractivity contribution in [2.24, 2.45) is 0 Å². The van der Waals surface area contributed by atoms with Crippen LogP contribution in [-0.2, 0) is 6.54 Å². The van der Waals surface area contributed by atoms with Gasteiger partial charge >= 0.3 is 0 Å². The molecule has 0 bridgehead atoms. The first-order valence-electron chi connectivity index (χ1n) is 15.5. The van der Waals surface area contributed by atoms with Crippen LogP contribution in [-0.4, -0.2) is 71.3 Å². The van der Waals surface area contributed by atoms with E-state index in [1.165, 1.54) is 32.1 Å². The molecule has 1 fully saturated rings. The fourth-order valence-corrected chi connectivity index (χ4v) is 8.04. The third kappa shape index (κ3) is 6.14. The molecular weight excluding hydrogens is 603 g/mol. The Balaban J connectivity index is 0.964. The first kappa shape index (κ1) is 30.0. The molecule has 45 heavy (non-hydrogen) atoms. The number of thioether (sulfide) groups is 1. The van der Waals surface area contributed by atoms with Gasteiger partial charge in [0.2, 0.25) is 0 Å². The number of ketones is 1. The van der Waals surface area contributed by atoms with Gasteiger partial charge in [0.05, 0.1) is 23.4 Å². The Morgan fingerprint density at radius 3 is 2.40 bits per heavy atom. The number of aromatic hydroxyl groups is 2. The van der Waals surface area contributed by atoms with E-state index in [1.807, 2.05) is 42.1 Å². The molecule has 0 radical (unpaired) electrons. The van der Waals surface area contributed by atoms with Gasteiger partial charge in [0, 0.05) is 60.0 Å². The van der Waals surface area contributed by atoms with Crippen molar-refractivity contribution in [2.75, 3.05) is 50.4 Å².